The van der Waals surface area contributed by atoms with Crippen LogP contribution in [0.3, 0.4) is 0 Å². The third-order valence-corrected chi connectivity index (χ3v) is 2.69. The van der Waals surface area contributed by atoms with Crippen LogP contribution >= 0.6 is 0 Å². The van der Waals surface area contributed by atoms with Crippen molar-refractivity contribution in [3.8, 4) is 0 Å². The van der Waals surface area contributed by atoms with E-state index in [1.807, 2.05) is 0 Å². The molecule has 8 heteroatoms. The van der Waals surface area contributed by atoms with Crippen LogP contribution in [-0.2, 0) is 19.1 Å². The Balaban J connectivity index is 2.69. The van der Waals surface area contributed by atoms with E-state index in [-0.39, 0.29) is 25.5 Å². The van der Waals surface area contributed by atoms with E-state index in [1.165, 1.54) is 6.92 Å². The number of nitrogens with one attached hydrogen (secondary N) is 1. The summed E-state index contributed by atoms with van der Waals surface area (Å²) >= 11 is 0. The molecular weight excluding hydrogens is 258 g/mol. The van der Waals surface area contributed by atoms with Crippen molar-refractivity contribution >= 4 is 11.9 Å². The fourth-order valence-electron chi connectivity index (χ4n) is 1.81. The first-order valence-electron chi connectivity index (χ1n) is 6.01. The lowest BCUT2D eigenvalue weighted by atomic mass is 10.00. The van der Waals surface area contributed by atoms with Gasteiger partial charge in [0, 0.05) is 20.0 Å². The molecule has 1 rings (SSSR count). The van der Waals surface area contributed by atoms with Gasteiger partial charge in [0.15, 0.2) is 12.4 Å². The number of carboxylic acid groups (broad SMARTS) is 1. The van der Waals surface area contributed by atoms with Crippen molar-refractivity contribution in [1.82, 2.24) is 5.32 Å². The van der Waals surface area contributed by atoms with Crippen molar-refractivity contribution in [2.75, 3.05) is 13.2 Å². The van der Waals surface area contributed by atoms with Crippen molar-refractivity contribution in [2.45, 2.75) is 44.3 Å². The number of rotatable bonds is 6. The Kier molecular flexibility index (Phi) is 6.16. The van der Waals surface area contributed by atoms with Crippen LogP contribution in [0.1, 0.15) is 19.8 Å². The first-order chi connectivity index (χ1) is 8.95. The lowest BCUT2D eigenvalue weighted by Crippen LogP contribution is -2.58. The van der Waals surface area contributed by atoms with E-state index >= 15 is 0 Å². The zero-order chi connectivity index (χ0) is 14.4. The molecule has 0 aromatic rings. The quantitative estimate of drug-likeness (QED) is 0.433. The fourth-order valence-corrected chi connectivity index (χ4v) is 1.81. The van der Waals surface area contributed by atoms with E-state index in [9.17, 15) is 14.7 Å². The predicted molar refractivity (Wildman–Crippen MR) is 62.2 cm³/mol. The molecule has 0 spiro atoms. The molecule has 1 aliphatic heterocycles. The smallest absolute Gasteiger partial charge is 0.333 e. The molecule has 0 bridgehead atoms. The highest BCUT2D eigenvalue weighted by molar-refractivity contribution is 5.74. The average Bonchev–Trinajstić information content (AvgIpc) is 2.32. The van der Waals surface area contributed by atoms with Crippen molar-refractivity contribution < 1.29 is 34.4 Å². The number of aliphatic hydroxyl groups excluding tert-OH is 2. The number of ether oxygens (including phenoxy) is 2. The third-order valence-electron chi connectivity index (χ3n) is 2.69. The van der Waals surface area contributed by atoms with Gasteiger partial charge in [-0.15, -0.1) is 0 Å². The van der Waals surface area contributed by atoms with Gasteiger partial charge in [0.2, 0.25) is 5.91 Å². The van der Waals surface area contributed by atoms with Crippen LogP contribution in [0, 0.1) is 0 Å². The normalized spacial score (nSPS) is 30.9. The van der Waals surface area contributed by atoms with E-state index in [4.69, 9.17) is 19.7 Å². The lowest BCUT2D eigenvalue weighted by Gasteiger charge is -2.38. The highest BCUT2D eigenvalue weighted by Gasteiger charge is 2.41. The minimum atomic E-state index is -1.20. The van der Waals surface area contributed by atoms with Gasteiger partial charge in [-0.25, -0.2) is 4.79 Å². The molecule has 110 valence electrons. The molecule has 0 aromatic heterocycles. The molecule has 1 amide bonds. The molecule has 0 aromatic carbocycles. The van der Waals surface area contributed by atoms with Gasteiger partial charge in [0.1, 0.15) is 6.04 Å². The summed E-state index contributed by atoms with van der Waals surface area (Å²) in [6.07, 6.45) is -3.09. The molecule has 0 aliphatic carbocycles. The SMILES string of the molecule is CC(=O)N[C@H]1[C@H](OCCCO)OC(C(=O)O)C[C@@H]1O. The summed E-state index contributed by atoms with van der Waals surface area (Å²) in [5.74, 6) is -1.58. The second kappa shape index (κ2) is 7.39. The van der Waals surface area contributed by atoms with E-state index in [0.717, 1.165) is 0 Å². The standard InChI is InChI=1S/C11H19NO7/c1-6(14)12-9-7(15)5-8(10(16)17)19-11(9)18-4-2-3-13/h7-9,11,13,15H,2-5H2,1H3,(H,12,14)(H,16,17)/t7-,8?,9+,11+/m0/s1. The number of aliphatic hydroxyl groups is 2. The summed E-state index contributed by atoms with van der Waals surface area (Å²) in [6.45, 7) is 1.33. The van der Waals surface area contributed by atoms with Gasteiger partial charge in [0.05, 0.1) is 12.7 Å². The van der Waals surface area contributed by atoms with Crippen LogP contribution in [0.25, 0.3) is 0 Å². The molecule has 0 radical (unpaired) electrons. The molecule has 0 saturated carbocycles. The molecule has 1 saturated heterocycles. The first kappa shape index (κ1) is 15.8. The van der Waals surface area contributed by atoms with Crippen LogP contribution in [0.4, 0.5) is 0 Å². The Morgan fingerprint density at radius 1 is 1.47 bits per heavy atom. The number of amides is 1. The Hall–Kier alpha value is -1.22. The number of hydrogen-bond donors (Lipinski definition) is 4. The van der Waals surface area contributed by atoms with E-state index in [2.05, 4.69) is 5.32 Å². The topological polar surface area (TPSA) is 125 Å². The maximum Gasteiger partial charge on any atom is 0.333 e. The van der Waals surface area contributed by atoms with Gasteiger partial charge in [-0.1, -0.05) is 0 Å². The largest absolute Gasteiger partial charge is 0.479 e. The zero-order valence-electron chi connectivity index (χ0n) is 10.6. The molecule has 4 N–H and O–H groups in total. The highest BCUT2D eigenvalue weighted by atomic mass is 16.7. The average molecular weight is 277 g/mol. The van der Waals surface area contributed by atoms with Gasteiger partial charge in [-0.2, -0.15) is 0 Å². The first-order valence-corrected chi connectivity index (χ1v) is 6.01. The maximum absolute atomic E-state index is 11.1. The Morgan fingerprint density at radius 3 is 2.68 bits per heavy atom. The van der Waals surface area contributed by atoms with Gasteiger partial charge in [0.25, 0.3) is 0 Å². The minimum Gasteiger partial charge on any atom is -0.479 e. The third kappa shape index (κ3) is 4.75. The van der Waals surface area contributed by atoms with Crippen molar-refractivity contribution in [2.24, 2.45) is 0 Å². The molecule has 1 heterocycles. The van der Waals surface area contributed by atoms with Crippen LogP contribution in [0.5, 0.6) is 0 Å². The minimum absolute atomic E-state index is 0.0809. The van der Waals surface area contributed by atoms with Crippen LogP contribution in [0.15, 0.2) is 0 Å². The fraction of sp³-hybridized carbons (Fsp3) is 0.818. The second-order valence-corrected chi connectivity index (χ2v) is 4.31. The molecule has 8 nitrogen and oxygen atoms in total. The number of hydrogen-bond acceptors (Lipinski definition) is 6. The number of aliphatic carboxylic acids is 1. The van der Waals surface area contributed by atoms with Gasteiger partial charge < -0.3 is 30.1 Å². The molecule has 1 aliphatic rings. The summed E-state index contributed by atoms with van der Waals surface area (Å²) in [5, 5.41) is 29.9. The maximum atomic E-state index is 11.1. The molecule has 4 atom stereocenters. The number of carbonyl (C=O) groups excluding carboxylic acids is 1. The molecule has 1 fully saturated rings. The van der Waals surface area contributed by atoms with Gasteiger partial charge >= 0.3 is 5.97 Å². The van der Waals surface area contributed by atoms with Crippen LogP contribution in [-0.4, -0.2) is 64.9 Å². The Bertz CT molecular complexity index is 322. The number of carboxylic acids is 1. The molecule has 1 unspecified atom stereocenters. The van der Waals surface area contributed by atoms with E-state index in [0.29, 0.717) is 6.42 Å². The van der Waals surface area contributed by atoms with Crippen molar-refractivity contribution in [3.63, 3.8) is 0 Å². The monoisotopic (exact) mass is 277 g/mol. The van der Waals surface area contributed by atoms with Gasteiger partial charge in [-0.3, -0.25) is 4.79 Å². The summed E-state index contributed by atoms with van der Waals surface area (Å²) < 4.78 is 10.5. The van der Waals surface area contributed by atoms with Gasteiger partial charge in [-0.05, 0) is 6.42 Å². The Morgan fingerprint density at radius 2 is 2.16 bits per heavy atom. The van der Waals surface area contributed by atoms with Crippen LogP contribution in [0.2, 0.25) is 0 Å². The highest BCUT2D eigenvalue weighted by Crippen LogP contribution is 2.22. The molecule has 19 heavy (non-hydrogen) atoms. The van der Waals surface area contributed by atoms with E-state index < -0.39 is 30.5 Å². The molecular formula is C11H19NO7. The number of carbonyl (C=O) groups is 2. The Labute approximate surface area is 110 Å². The second-order valence-electron chi connectivity index (χ2n) is 4.31. The van der Waals surface area contributed by atoms with Crippen LogP contribution < -0.4 is 5.32 Å². The predicted octanol–water partition coefficient (Wildman–Crippen LogP) is -1.55. The van der Waals surface area contributed by atoms with E-state index in [1.54, 1.807) is 0 Å². The summed E-state index contributed by atoms with van der Waals surface area (Å²) in [7, 11) is 0. The zero-order valence-corrected chi connectivity index (χ0v) is 10.6. The van der Waals surface area contributed by atoms with Crippen molar-refractivity contribution in [3.05, 3.63) is 0 Å². The summed E-state index contributed by atoms with van der Waals surface area (Å²) in [4.78, 5) is 21.9. The lowest BCUT2D eigenvalue weighted by molar-refractivity contribution is -0.235. The van der Waals surface area contributed by atoms with Crippen molar-refractivity contribution in [1.29, 1.82) is 0 Å². The summed E-state index contributed by atoms with van der Waals surface area (Å²) in [6, 6.07) is -0.827. The summed E-state index contributed by atoms with van der Waals surface area (Å²) in [5.41, 5.74) is 0.